The van der Waals surface area contributed by atoms with E-state index in [1.54, 1.807) is 22.8 Å². The van der Waals surface area contributed by atoms with Crippen molar-refractivity contribution < 1.29 is 4.39 Å². The van der Waals surface area contributed by atoms with E-state index in [-0.39, 0.29) is 11.4 Å². The van der Waals surface area contributed by atoms with E-state index in [2.05, 4.69) is 18.2 Å². The topological polar surface area (TPSA) is 39.3 Å². The SMILES string of the molecule is O=c1c(=Cc2cn(Cc3ccccc3F)c3ccccc23)sc2n1[C@@H](c1ccc(Cl)cc1Cl)C1=C(N=2)c2ccccc2CC1. The first-order chi connectivity index (χ1) is 21.5. The molecular weight excluding hydrogens is 612 g/mol. The van der Waals surface area contributed by atoms with Crippen LogP contribution in [0.4, 0.5) is 4.39 Å². The summed E-state index contributed by atoms with van der Waals surface area (Å²) in [6, 6.07) is 28.2. The highest BCUT2D eigenvalue weighted by molar-refractivity contribution is 7.07. The summed E-state index contributed by atoms with van der Waals surface area (Å²) in [4.78, 5) is 20.1. The first kappa shape index (κ1) is 27.3. The van der Waals surface area contributed by atoms with Crippen LogP contribution >= 0.6 is 34.5 Å². The van der Waals surface area contributed by atoms with Crippen LogP contribution in [0.25, 0.3) is 22.7 Å². The van der Waals surface area contributed by atoms with Crippen LogP contribution < -0.4 is 14.9 Å². The lowest BCUT2D eigenvalue weighted by Gasteiger charge is -2.31. The number of benzene rings is 4. The Morgan fingerprint density at radius 2 is 1.75 bits per heavy atom. The summed E-state index contributed by atoms with van der Waals surface area (Å²) >= 11 is 14.5. The van der Waals surface area contributed by atoms with Gasteiger partial charge in [-0.2, -0.15) is 0 Å². The van der Waals surface area contributed by atoms with Gasteiger partial charge in [-0.3, -0.25) is 9.36 Å². The number of nitrogens with zero attached hydrogens (tertiary/aromatic N) is 3. The summed E-state index contributed by atoms with van der Waals surface area (Å²) in [5.41, 5.74) is 7.49. The second-order valence-corrected chi connectivity index (χ2v) is 13.0. The molecule has 8 heteroatoms. The van der Waals surface area contributed by atoms with Gasteiger partial charge < -0.3 is 4.57 Å². The van der Waals surface area contributed by atoms with Crippen molar-refractivity contribution >= 4 is 57.2 Å². The Morgan fingerprint density at radius 3 is 2.61 bits per heavy atom. The predicted octanol–water partition coefficient (Wildman–Crippen LogP) is 7.77. The Balaban J connectivity index is 1.34. The van der Waals surface area contributed by atoms with Gasteiger partial charge in [-0.25, -0.2) is 9.38 Å². The molecule has 0 saturated heterocycles. The van der Waals surface area contributed by atoms with Crippen molar-refractivity contribution in [2.24, 2.45) is 4.99 Å². The largest absolute Gasteiger partial charge is 0.342 e. The molecule has 44 heavy (non-hydrogen) atoms. The minimum absolute atomic E-state index is 0.124. The third kappa shape index (κ3) is 4.48. The Labute approximate surface area is 266 Å². The quantitative estimate of drug-likeness (QED) is 0.195. The van der Waals surface area contributed by atoms with Gasteiger partial charge >= 0.3 is 0 Å². The Hall–Kier alpha value is -4.23. The lowest BCUT2D eigenvalue weighted by atomic mass is 9.83. The third-order valence-electron chi connectivity index (χ3n) is 8.53. The van der Waals surface area contributed by atoms with Gasteiger partial charge in [-0.15, -0.1) is 0 Å². The normalized spacial score (nSPS) is 16.1. The lowest BCUT2D eigenvalue weighted by molar-refractivity contribution is 0.585. The number of hydrogen-bond donors (Lipinski definition) is 0. The van der Waals surface area contributed by atoms with Gasteiger partial charge in [0.15, 0.2) is 4.80 Å². The first-order valence-corrected chi connectivity index (χ1v) is 15.9. The number of aryl methyl sites for hydroxylation is 1. The fourth-order valence-electron chi connectivity index (χ4n) is 6.49. The third-order valence-corrected chi connectivity index (χ3v) is 10.1. The van der Waals surface area contributed by atoms with Crippen LogP contribution in [0.5, 0.6) is 0 Å². The van der Waals surface area contributed by atoms with E-state index in [0.29, 0.717) is 31.5 Å². The second kappa shape index (κ2) is 10.7. The zero-order chi connectivity index (χ0) is 29.9. The number of fused-ring (bicyclic) bond motifs is 4. The van der Waals surface area contributed by atoms with Crippen molar-refractivity contribution in [3.8, 4) is 0 Å². The van der Waals surface area contributed by atoms with E-state index in [0.717, 1.165) is 51.7 Å². The molecule has 0 spiro atoms. The fraction of sp³-hybridized carbons (Fsp3) is 0.111. The minimum Gasteiger partial charge on any atom is -0.342 e. The van der Waals surface area contributed by atoms with Gasteiger partial charge in [-0.05, 0) is 59.9 Å². The molecule has 1 atom stereocenters. The van der Waals surface area contributed by atoms with Gasteiger partial charge in [0.05, 0.1) is 22.8 Å². The average molecular weight is 637 g/mol. The van der Waals surface area contributed by atoms with E-state index in [1.165, 1.54) is 23.0 Å². The standard InChI is InChI=1S/C36H24Cl2FN3OS/c37-24-14-16-27(29(38)18-24)34-28-15-13-21-7-1-3-10-26(21)33(28)40-36-42(34)35(43)32(44-36)17-23-20-41(31-12-6-4-9-25(23)31)19-22-8-2-5-11-30(22)39/h1-12,14,16-18,20,34H,13,15,19H2/t34-/m0/s1. The summed E-state index contributed by atoms with van der Waals surface area (Å²) in [5.74, 6) is -0.244. The first-order valence-electron chi connectivity index (χ1n) is 14.4. The number of para-hydroxylation sites is 1. The summed E-state index contributed by atoms with van der Waals surface area (Å²) in [7, 11) is 0. The highest BCUT2D eigenvalue weighted by atomic mass is 35.5. The Bertz CT molecular complexity index is 2350. The molecule has 0 saturated carbocycles. The molecule has 0 unspecified atom stereocenters. The monoisotopic (exact) mass is 635 g/mol. The van der Waals surface area contributed by atoms with E-state index in [9.17, 15) is 9.18 Å². The summed E-state index contributed by atoms with van der Waals surface area (Å²) in [6.45, 7) is 0.378. The van der Waals surface area contributed by atoms with Crippen molar-refractivity contribution in [2.45, 2.75) is 25.4 Å². The van der Waals surface area contributed by atoms with Crippen LogP contribution in [-0.4, -0.2) is 9.13 Å². The molecule has 4 aromatic carbocycles. The zero-order valence-corrected chi connectivity index (χ0v) is 25.6. The number of rotatable bonds is 4. The predicted molar refractivity (Wildman–Crippen MR) is 177 cm³/mol. The van der Waals surface area contributed by atoms with Crippen molar-refractivity contribution in [1.82, 2.24) is 9.13 Å². The van der Waals surface area contributed by atoms with Crippen LogP contribution in [0.15, 0.2) is 113 Å². The van der Waals surface area contributed by atoms with Gasteiger partial charge in [0.1, 0.15) is 5.82 Å². The second-order valence-electron chi connectivity index (χ2n) is 11.1. The molecule has 0 amide bonds. The highest BCUT2D eigenvalue weighted by Gasteiger charge is 2.33. The maximum Gasteiger partial charge on any atom is 0.271 e. The van der Waals surface area contributed by atoms with Crippen molar-refractivity contribution in [3.63, 3.8) is 0 Å². The molecule has 1 aliphatic carbocycles. The highest BCUT2D eigenvalue weighted by Crippen LogP contribution is 2.43. The molecular formula is C36H24Cl2FN3OS. The molecule has 0 N–H and O–H groups in total. The molecule has 216 valence electrons. The molecule has 1 aliphatic heterocycles. The van der Waals surface area contributed by atoms with Crippen molar-refractivity contribution in [3.05, 3.63) is 166 Å². The number of thiazole rings is 1. The van der Waals surface area contributed by atoms with E-state index >= 15 is 0 Å². The van der Waals surface area contributed by atoms with Gasteiger partial charge in [0.2, 0.25) is 0 Å². The van der Waals surface area contributed by atoms with E-state index in [1.807, 2.05) is 65.4 Å². The van der Waals surface area contributed by atoms with Gasteiger partial charge in [0, 0.05) is 43.8 Å². The number of allylic oxidation sites excluding steroid dienone is 1. The summed E-state index contributed by atoms with van der Waals surface area (Å²) in [6.07, 6.45) is 5.55. The number of hydrogen-bond acceptors (Lipinski definition) is 3. The maximum atomic E-state index is 14.6. The molecule has 0 bridgehead atoms. The number of aromatic nitrogens is 2. The lowest BCUT2D eigenvalue weighted by Crippen LogP contribution is -2.38. The zero-order valence-electron chi connectivity index (χ0n) is 23.3. The van der Waals surface area contributed by atoms with Crippen LogP contribution in [0.2, 0.25) is 10.0 Å². The maximum absolute atomic E-state index is 14.6. The van der Waals surface area contributed by atoms with Crippen molar-refractivity contribution in [2.75, 3.05) is 0 Å². The number of halogens is 3. The van der Waals surface area contributed by atoms with Crippen LogP contribution in [0.3, 0.4) is 0 Å². The smallest absolute Gasteiger partial charge is 0.271 e. The van der Waals surface area contributed by atoms with Gasteiger partial charge in [-0.1, -0.05) is 101 Å². The molecule has 2 aromatic heterocycles. The molecule has 0 fully saturated rings. The fourth-order valence-corrected chi connectivity index (χ4v) is 8.00. The van der Waals surface area contributed by atoms with Gasteiger partial charge in [0.25, 0.3) is 5.56 Å². The van der Waals surface area contributed by atoms with Crippen LogP contribution in [0, 0.1) is 5.82 Å². The summed E-state index contributed by atoms with van der Waals surface area (Å²) in [5, 5.41) is 2.04. The minimum atomic E-state index is -0.399. The molecule has 3 heterocycles. The summed E-state index contributed by atoms with van der Waals surface area (Å²) < 4.78 is 19.0. The van der Waals surface area contributed by atoms with Crippen LogP contribution in [0.1, 0.15) is 40.3 Å². The molecule has 4 nitrogen and oxygen atoms in total. The van der Waals surface area contributed by atoms with Crippen molar-refractivity contribution in [1.29, 1.82) is 0 Å². The van der Waals surface area contributed by atoms with E-state index < -0.39 is 6.04 Å². The van der Waals surface area contributed by atoms with Crippen LogP contribution in [-0.2, 0) is 13.0 Å². The molecule has 6 aromatic rings. The molecule has 8 rings (SSSR count). The molecule has 2 aliphatic rings. The molecule has 0 radical (unpaired) electrons. The Kier molecular flexibility index (Phi) is 6.67. The van der Waals surface area contributed by atoms with E-state index in [4.69, 9.17) is 28.2 Å². The Morgan fingerprint density at radius 1 is 0.955 bits per heavy atom. The average Bonchev–Trinajstić information content (AvgIpc) is 3.53.